The molecule has 0 saturated carbocycles. The van der Waals surface area contributed by atoms with Gasteiger partial charge in [0, 0.05) is 0 Å². The number of hydrogen-bond acceptors (Lipinski definition) is 5. The van der Waals surface area contributed by atoms with Gasteiger partial charge < -0.3 is 18.7 Å². The third-order valence-corrected chi connectivity index (χ3v) is 5.75. The van der Waals surface area contributed by atoms with Gasteiger partial charge in [0.05, 0.1) is 12.7 Å². The molecule has 0 radical (unpaired) electrons. The maximum absolute atomic E-state index is 11.8. The number of benzene rings is 3. The standard InChI is InChI=1S/C25H29O5P/c1-4-20-8-5-9-21(14-20)17-28-25-13-7-12-24(16-25)23-11-6-10-22(15-23)18-29-31(26,27)30-19(2)3/h5-16,19H,4,17-18H2,1-3H3,(H,26,27)/p-1. The van der Waals surface area contributed by atoms with Gasteiger partial charge in [-0.2, -0.15) is 0 Å². The first-order valence-corrected chi connectivity index (χ1v) is 11.8. The van der Waals surface area contributed by atoms with Crippen molar-refractivity contribution in [2.24, 2.45) is 0 Å². The Hall–Kier alpha value is -2.43. The summed E-state index contributed by atoms with van der Waals surface area (Å²) >= 11 is 0. The highest BCUT2D eigenvalue weighted by Gasteiger charge is 2.12. The van der Waals surface area contributed by atoms with Crippen LogP contribution in [-0.2, 0) is 33.2 Å². The Bertz CT molecular complexity index is 1050. The van der Waals surface area contributed by atoms with Crippen LogP contribution in [0.25, 0.3) is 11.1 Å². The number of phosphoric acid groups is 1. The van der Waals surface area contributed by atoms with Gasteiger partial charge in [-0.3, -0.25) is 4.57 Å². The molecule has 1 atom stereocenters. The van der Waals surface area contributed by atoms with Crippen LogP contribution in [0.5, 0.6) is 5.75 Å². The Morgan fingerprint density at radius 3 is 2.16 bits per heavy atom. The van der Waals surface area contributed by atoms with Crippen LogP contribution in [0.3, 0.4) is 0 Å². The molecular formula is C25H28O5P-. The second-order valence-corrected chi connectivity index (χ2v) is 8.93. The predicted octanol–water partition coefficient (Wildman–Crippen LogP) is 5.91. The van der Waals surface area contributed by atoms with Gasteiger partial charge in [0.15, 0.2) is 0 Å². The van der Waals surface area contributed by atoms with Crippen LogP contribution < -0.4 is 9.63 Å². The smallest absolute Gasteiger partial charge is 0.268 e. The lowest BCUT2D eigenvalue weighted by atomic mass is 10.0. The zero-order valence-corrected chi connectivity index (χ0v) is 19.0. The Labute approximate surface area is 184 Å². The Morgan fingerprint density at radius 1 is 0.839 bits per heavy atom. The molecular weight excluding hydrogens is 411 g/mol. The van der Waals surface area contributed by atoms with E-state index in [1.807, 2.05) is 48.5 Å². The minimum Gasteiger partial charge on any atom is -0.756 e. The van der Waals surface area contributed by atoms with E-state index in [1.165, 1.54) is 5.56 Å². The highest BCUT2D eigenvalue weighted by molar-refractivity contribution is 7.45. The molecule has 164 valence electrons. The van der Waals surface area contributed by atoms with Crippen molar-refractivity contribution in [3.8, 4) is 16.9 Å². The minimum absolute atomic E-state index is 0.0781. The molecule has 0 spiro atoms. The van der Waals surface area contributed by atoms with Crippen LogP contribution in [0.4, 0.5) is 0 Å². The fraction of sp³-hybridized carbons (Fsp3) is 0.280. The van der Waals surface area contributed by atoms with Gasteiger partial charge in [-0.15, -0.1) is 0 Å². The number of hydrogen-bond donors (Lipinski definition) is 0. The van der Waals surface area contributed by atoms with Crippen LogP contribution in [0.2, 0.25) is 0 Å². The van der Waals surface area contributed by atoms with Crippen molar-refractivity contribution in [1.29, 1.82) is 0 Å². The van der Waals surface area contributed by atoms with Crippen molar-refractivity contribution in [3.05, 3.63) is 89.5 Å². The molecule has 0 heterocycles. The lowest BCUT2D eigenvalue weighted by Crippen LogP contribution is -2.12. The normalized spacial score (nSPS) is 13.2. The molecule has 3 rings (SSSR count). The molecule has 0 amide bonds. The first kappa shape index (κ1) is 23.2. The quantitative estimate of drug-likeness (QED) is 0.368. The Balaban J connectivity index is 1.67. The Kier molecular flexibility index (Phi) is 8.05. The van der Waals surface area contributed by atoms with Crippen molar-refractivity contribution in [3.63, 3.8) is 0 Å². The molecule has 0 N–H and O–H groups in total. The molecule has 0 aromatic heterocycles. The van der Waals surface area contributed by atoms with E-state index in [-0.39, 0.29) is 6.61 Å². The fourth-order valence-electron chi connectivity index (χ4n) is 3.15. The lowest BCUT2D eigenvalue weighted by Gasteiger charge is -2.24. The van der Waals surface area contributed by atoms with Crippen molar-refractivity contribution < 1.29 is 23.2 Å². The molecule has 0 aliphatic carbocycles. The highest BCUT2D eigenvalue weighted by Crippen LogP contribution is 2.40. The summed E-state index contributed by atoms with van der Waals surface area (Å²) in [7, 11) is -4.32. The second kappa shape index (κ2) is 10.7. The number of rotatable bonds is 10. The summed E-state index contributed by atoms with van der Waals surface area (Å²) in [6.07, 6.45) is 0.538. The molecule has 0 saturated heterocycles. The first-order chi connectivity index (χ1) is 14.8. The van der Waals surface area contributed by atoms with E-state index in [2.05, 4.69) is 31.2 Å². The number of ether oxygens (including phenoxy) is 1. The summed E-state index contributed by atoms with van der Waals surface area (Å²) in [5.74, 6) is 0.774. The molecule has 5 nitrogen and oxygen atoms in total. The summed E-state index contributed by atoms with van der Waals surface area (Å²) in [5.41, 5.74) is 5.09. The first-order valence-electron chi connectivity index (χ1n) is 10.4. The fourth-order valence-corrected chi connectivity index (χ4v) is 4.04. The van der Waals surface area contributed by atoms with Gasteiger partial charge in [-0.1, -0.05) is 61.5 Å². The van der Waals surface area contributed by atoms with E-state index < -0.39 is 13.9 Å². The van der Waals surface area contributed by atoms with E-state index in [0.717, 1.165) is 34.4 Å². The molecule has 0 bridgehead atoms. The van der Waals surface area contributed by atoms with Crippen molar-refractivity contribution in [2.75, 3.05) is 0 Å². The number of phosphoric ester groups is 1. The van der Waals surface area contributed by atoms with E-state index in [0.29, 0.717) is 6.61 Å². The maximum Gasteiger partial charge on any atom is 0.268 e. The third-order valence-electron chi connectivity index (χ3n) is 4.63. The zero-order valence-electron chi connectivity index (χ0n) is 18.1. The third kappa shape index (κ3) is 7.34. The van der Waals surface area contributed by atoms with E-state index in [1.54, 1.807) is 13.8 Å². The Morgan fingerprint density at radius 2 is 1.45 bits per heavy atom. The topological polar surface area (TPSA) is 67.8 Å². The van der Waals surface area contributed by atoms with Gasteiger partial charge in [0.1, 0.15) is 12.4 Å². The summed E-state index contributed by atoms with van der Waals surface area (Å²) in [6.45, 7) is 5.84. The van der Waals surface area contributed by atoms with E-state index in [9.17, 15) is 9.46 Å². The zero-order chi connectivity index (χ0) is 22.3. The van der Waals surface area contributed by atoms with Gasteiger partial charge in [0.25, 0.3) is 7.82 Å². The monoisotopic (exact) mass is 439 g/mol. The summed E-state index contributed by atoms with van der Waals surface area (Å²) < 4.78 is 27.6. The van der Waals surface area contributed by atoms with Gasteiger partial charge in [0.2, 0.25) is 0 Å². The molecule has 0 fully saturated rings. The number of aryl methyl sites for hydroxylation is 1. The molecule has 6 heteroatoms. The van der Waals surface area contributed by atoms with Gasteiger partial charge in [-0.25, -0.2) is 0 Å². The van der Waals surface area contributed by atoms with Crippen molar-refractivity contribution in [2.45, 2.75) is 46.5 Å². The maximum atomic E-state index is 11.8. The minimum atomic E-state index is -4.32. The average Bonchev–Trinajstić information content (AvgIpc) is 2.76. The predicted molar refractivity (Wildman–Crippen MR) is 121 cm³/mol. The van der Waals surface area contributed by atoms with Crippen LogP contribution in [-0.4, -0.2) is 6.10 Å². The summed E-state index contributed by atoms with van der Waals surface area (Å²) in [4.78, 5) is 11.8. The van der Waals surface area contributed by atoms with Crippen molar-refractivity contribution in [1.82, 2.24) is 0 Å². The molecule has 31 heavy (non-hydrogen) atoms. The largest absolute Gasteiger partial charge is 0.756 e. The van der Waals surface area contributed by atoms with Crippen molar-refractivity contribution >= 4 is 7.82 Å². The van der Waals surface area contributed by atoms with Crippen LogP contribution >= 0.6 is 7.82 Å². The van der Waals surface area contributed by atoms with Crippen LogP contribution in [0.15, 0.2) is 72.8 Å². The molecule has 3 aromatic carbocycles. The summed E-state index contributed by atoms with van der Waals surface area (Å²) in [6, 6.07) is 23.8. The summed E-state index contributed by atoms with van der Waals surface area (Å²) in [5, 5.41) is 0. The molecule has 0 aliphatic rings. The van der Waals surface area contributed by atoms with E-state index >= 15 is 0 Å². The highest BCUT2D eigenvalue weighted by atomic mass is 31.2. The van der Waals surface area contributed by atoms with Gasteiger partial charge in [-0.05, 0) is 66.3 Å². The SMILES string of the molecule is CCc1cccc(COc2cccc(-c3cccc(COP(=O)([O-])OC(C)C)c3)c2)c1. The molecule has 3 aromatic rings. The average molecular weight is 439 g/mol. The van der Waals surface area contributed by atoms with Crippen LogP contribution in [0.1, 0.15) is 37.5 Å². The van der Waals surface area contributed by atoms with Gasteiger partial charge >= 0.3 is 0 Å². The lowest BCUT2D eigenvalue weighted by molar-refractivity contribution is -0.229. The second-order valence-electron chi connectivity index (χ2n) is 7.57. The molecule has 1 unspecified atom stereocenters. The van der Waals surface area contributed by atoms with Crippen LogP contribution in [0, 0.1) is 0 Å². The molecule has 0 aliphatic heterocycles. The van der Waals surface area contributed by atoms with E-state index in [4.69, 9.17) is 13.8 Å².